The number of nitrogens with zero attached hydrogens (tertiary/aromatic N) is 4. The summed E-state index contributed by atoms with van der Waals surface area (Å²) in [5.74, 6) is 0.580. The van der Waals surface area contributed by atoms with Gasteiger partial charge in [-0.3, -0.25) is 14.5 Å². The number of nitrogens with one attached hydrogen (secondary N) is 1. The Morgan fingerprint density at radius 3 is 2.63 bits per heavy atom. The van der Waals surface area contributed by atoms with Crippen LogP contribution in [0.3, 0.4) is 0 Å². The summed E-state index contributed by atoms with van der Waals surface area (Å²) in [5, 5.41) is 2.94. The summed E-state index contributed by atoms with van der Waals surface area (Å²) in [6.07, 6.45) is 6.87. The van der Waals surface area contributed by atoms with Crippen molar-refractivity contribution < 1.29 is 19.1 Å². The molecule has 2 aliphatic rings. The van der Waals surface area contributed by atoms with Crippen molar-refractivity contribution in [3.63, 3.8) is 0 Å². The highest BCUT2D eigenvalue weighted by atomic mass is 16.5. The van der Waals surface area contributed by atoms with Crippen molar-refractivity contribution in [1.82, 2.24) is 19.8 Å². The predicted octanol–water partition coefficient (Wildman–Crippen LogP) is 2.83. The third-order valence-electron chi connectivity index (χ3n) is 6.79. The second-order valence-electron chi connectivity index (χ2n) is 9.75. The maximum absolute atomic E-state index is 13.4. The summed E-state index contributed by atoms with van der Waals surface area (Å²) in [4.78, 5) is 38.0. The molecule has 1 saturated carbocycles. The van der Waals surface area contributed by atoms with E-state index in [9.17, 15) is 9.59 Å². The number of carbonyl (C=O) groups is 2. The van der Waals surface area contributed by atoms with E-state index in [1.165, 1.54) is 6.33 Å². The minimum absolute atomic E-state index is 0.00209. The Morgan fingerprint density at radius 2 is 1.94 bits per heavy atom. The van der Waals surface area contributed by atoms with Crippen molar-refractivity contribution >= 4 is 17.5 Å². The first-order valence-electron chi connectivity index (χ1n) is 12.2. The van der Waals surface area contributed by atoms with E-state index in [1.54, 1.807) is 37.3 Å². The van der Waals surface area contributed by atoms with Crippen molar-refractivity contribution in [2.24, 2.45) is 11.8 Å². The second-order valence-corrected chi connectivity index (χ2v) is 9.75. The zero-order valence-electron chi connectivity index (χ0n) is 20.9. The number of amides is 2. The van der Waals surface area contributed by atoms with Crippen LogP contribution in [0.4, 0.5) is 5.69 Å². The van der Waals surface area contributed by atoms with Crippen LogP contribution in [0.2, 0.25) is 0 Å². The van der Waals surface area contributed by atoms with E-state index in [0.29, 0.717) is 36.7 Å². The van der Waals surface area contributed by atoms with Crippen LogP contribution in [0.5, 0.6) is 5.75 Å². The van der Waals surface area contributed by atoms with Crippen LogP contribution in [-0.2, 0) is 16.1 Å². The number of benzene rings is 1. The smallest absolute Gasteiger partial charge is 0.257 e. The van der Waals surface area contributed by atoms with Gasteiger partial charge in [-0.2, -0.15) is 0 Å². The van der Waals surface area contributed by atoms with Crippen LogP contribution >= 0.6 is 0 Å². The Kier molecular flexibility index (Phi) is 7.97. The highest BCUT2D eigenvalue weighted by molar-refractivity contribution is 6.00. The number of rotatable bonds is 5. The van der Waals surface area contributed by atoms with Gasteiger partial charge in [-0.15, -0.1) is 0 Å². The molecular weight excluding hydrogens is 446 g/mol. The van der Waals surface area contributed by atoms with Crippen LogP contribution in [0.25, 0.3) is 0 Å². The van der Waals surface area contributed by atoms with Gasteiger partial charge in [-0.1, -0.05) is 6.92 Å². The maximum Gasteiger partial charge on any atom is 0.257 e. The average Bonchev–Trinajstić information content (AvgIpc) is 3.71. The van der Waals surface area contributed by atoms with Crippen molar-refractivity contribution in [2.45, 2.75) is 45.4 Å². The number of likely N-dealkylation sites (N-methyl/N-ethyl adjacent to an activating group) is 1. The van der Waals surface area contributed by atoms with E-state index < -0.39 is 0 Å². The highest BCUT2D eigenvalue weighted by Gasteiger charge is 2.31. The number of hydrogen-bond acceptors (Lipinski definition) is 7. The van der Waals surface area contributed by atoms with Gasteiger partial charge in [0.2, 0.25) is 5.91 Å². The summed E-state index contributed by atoms with van der Waals surface area (Å²) < 4.78 is 12.0. The van der Waals surface area contributed by atoms with Gasteiger partial charge in [-0.25, -0.2) is 9.97 Å². The number of anilines is 1. The standard InChI is InChI=1S/C26H35N5O4/c1-17-12-31(13-19-10-27-16-28-11-19)18(2)15-35-23-8-7-21(29-25(32)20-5-6-20)9-22(23)26(33)30(3)14-24(17)34-4/h7-11,16-18,20,24H,5-6,12-15H2,1-4H3,(H,29,32)/t17-,18+,24+/m0/s1. The fourth-order valence-corrected chi connectivity index (χ4v) is 4.39. The van der Waals surface area contributed by atoms with Crippen LogP contribution in [0.15, 0.2) is 36.9 Å². The largest absolute Gasteiger partial charge is 0.491 e. The Bertz CT molecular complexity index is 1030. The number of fused-ring (bicyclic) bond motifs is 1. The molecule has 1 aliphatic carbocycles. The van der Waals surface area contributed by atoms with Crippen LogP contribution in [0.1, 0.15) is 42.6 Å². The fraction of sp³-hybridized carbons (Fsp3) is 0.538. The van der Waals surface area contributed by atoms with Crippen molar-refractivity contribution in [3.05, 3.63) is 48.0 Å². The van der Waals surface area contributed by atoms with Gasteiger partial charge in [0.15, 0.2) is 0 Å². The second kappa shape index (κ2) is 11.1. The monoisotopic (exact) mass is 481 g/mol. The Morgan fingerprint density at radius 1 is 1.20 bits per heavy atom. The SMILES string of the molecule is CO[C@@H]1CN(C)C(=O)c2cc(NC(=O)C3CC3)ccc2OC[C@@H](C)N(Cc2cncnc2)C[C@@H]1C. The molecule has 0 bridgehead atoms. The number of methoxy groups -OCH3 is 1. The minimum atomic E-state index is -0.164. The van der Waals surface area contributed by atoms with Gasteiger partial charge >= 0.3 is 0 Å². The normalized spacial score (nSPS) is 24.1. The summed E-state index contributed by atoms with van der Waals surface area (Å²) in [7, 11) is 3.46. The lowest BCUT2D eigenvalue weighted by molar-refractivity contribution is -0.117. The summed E-state index contributed by atoms with van der Waals surface area (Å²) >= 11 is 0. The Hall–Kier alpha value is -3.04. The average molecular weight is 482 g/mol. The quantitative estimate of drug-likeness (QED) is 0.701. The molecule has 0 radical (unpaired) electrons. The number of hydrogen-bond donors (Lipinski definition) is 1. The number of aromatic nitrogens is 2. The van der Waals surface area contributed by atoms with E-state index in [1.807, 2.05) is 12.4 Å². The summed E-state index contributed by atoms with van der Waals surface area (Å²) in [6, 6.07) is 5.34. The van der Waals surface area contributed by atoms with Gasteiger partial charge in [0.25, 0.3) is 5.91 Å². The number of carbonyl (C=O) groups excluding carboxylic acids is 2. The van der Waals surface area contributed by atoms with E-state index >= 15 is 0 Å². The molecule has 1 aromatic heterocycles. The van der Waals surface area contributed by atoms with Gasteiger partial charge in [0, 0.05) is 69.4 Å². The first kappa shape index (κ1) is 25.1. The van der Waals surface area contributed by atoms with Crippen molar-refractivity contribution in [3.8, 4) is 5.75 Å². The van der Waals surface area contributed by atoms with E-state index in [0.717, 1.165) is 24.9 Å². The molecule has 188 valence electrons. The maximum atomic E-state index is 13.4. The van der Waals surface area contributed by atoms with E-state index in [4.69, 9.17) is 9.47 Å². The first-order valence-corrected chi connectivity index (χ1v) is 12.2. The fourth-order valence-electron chi connectivity index (χ4n) is 4.39. The van der Waals surface area contributed by atoms with Crippen LogP contribution in [-0.4, -0.2) is 77.6 Å². The lowest BCUT2D eigenvalue weighted by Crippen LogP contribution is -2.46. The third kappa shape index (κ3) is 6.35. The van der Waals surface area contributed by atoms with Crippen molar-refractivity contribution in [1.29, 1.82) is 0 Å². The zero-order valence-corrected chi connectivity index (χ0v) is 20.9. The first-order chi connectivity index (χ1) is 16.9. The Labute approximate surface area is 206 Å². The molecule has 4 rings (SSSR count). The molecule has 3 atom stereocenters. The topological polar surface area (TPSA) is 96.9 Å². The molecule has 0 unspecified atom stereocenters. The van der Waals surface area contributed by atoms with Gasteiger partial charge in [0.05, 0.1) is 11.7 Å². The lowest BCUT2D eigenvalue weighted by Gasteiger charge is -2.36. The molecule has 2 amide bonds. The predicted molar refractivity (Wildman–Crippen MR) is 132 cm³/mol. The van der Waals surface area contributed by atoms with Crippen LogP contribution < -0.4 is 10.1 Å². The van der Waals surface area contributed by atoms with E-state index in [2.05, 4.69) is 34.0 Å². The zero-order chi connectivity index (χ0) is 24.9. The third-order valence-corrected chi connectivity index (χ3v) is 6.79. The lowest BCUT2D eigenvalue weighted by atomic mass is 10.0. The molecule has 9 heteroatoms. The molecule has 1 fully saturated rings. The Balaban J connectivity index is 1.61. The minimum Gasteiger partial charge on any atom is -0.491 e. The van der Waals surface area contributed by atoms with E-state index in [-0.39, 0.29) is 35.8 Å². The highest BCUT2D eigenvalue weighted by Crippen LogP contribution is 2.31. The molecule has 0 saturated heterocycles. The van der Waals surface area contributed by atoms with Gasteiger partial charge in [-0.05, 0) is 43.9 Å². The molecule has 2 aromatic rings. The molecule has 9 nitrogen and oxygen atoms in total. The molecule has 35 heavy (non-hydrogen) atoms. The molecule has 1 aromatic carbocycles. The number of ether oxygens (including phenoxy) is 2. The van der Waals surface area contributed by atoms with Gasteiger partial charge < -0.3 is 19.7 Å². The summed E-state index contributed by atoms with van der Waals surface area (Å²) in [6.45, 7) is 6.53. The molecule has 1 N–H and O–H groups in total. The molecular formula is C26H35N5O4. The molecule has 0 spiro atoms. The van der Waals surface area contributed by atoms with Gasteiger partial charge in [0.1, 0.15) is 18.7 Å². The summed E-state index contributed by atoms with van der Waals surface area (Å²) in [5.41, 5.74) is 2.06. The molecule has 1 aliphatic heterocycles. The van der Waals surface area contributed by atoms with Crippen molar-refractivity contribution in [2.75, 3.05) is 39.2 Å². The molecule has 2 heterocycles. The van der Waals surface area contributed by atoms with Crippen LogP contribution in [0, 0.1) is 11.8 Å².